The lowest BCUT2D eigenvalue weighted by Crippen LogP contribution is -2.22. The van der Waals surface area contributed by atoms with Crippen LogP contribution in [-0.4, -0.2) is 68.3 Å². The molecule has 0 radical (unpaired) electrons. The predicted molar refractivity (Wildman–Crippen MR) is 232 cm³/mol. The van der Waals surface area contributed by atoms with Gasteiger partial charge in [0.05, 0.1) is 46.8 Å². The Balaban J connectivity index is 0.733. The van der Waals surface area contributed by atoms with Crippen molar-refractivity contribution in [2.45, 2.75) is 79.9 Å². The van der Waals surface area contributed by atoms with Gasteiger partial charge in [0.2, 0.25) is 11.9 Å². The fourth-order valence-corrected chi connectivity index (χ4v) is 9.28. The van der Waals surface area contributed by atoms with Gasteiger partial charge in [0.15, 0.2) is 0 Å². The molecule has 17 heteroatoms. The first-order valence-electron chi connectivity index (χ1n) is 19.6. The summed E-state index contributed by atoms with van der Waals surface area (Å²) in [5, 5.41) is 23.4. The second-order valence-electron chi connectivity index (χ2n) is 14.8. The highest BCUT2D eigenvalue weighted by Crippen LogP contribution is 2.29. The maximum absolute atomic E-state index is 13.5. The number of aliphatic hydroxyl groups excluding tert-OH is 1. The van der Waals surface area contributed by atoms with Crippen LogP contribution in [0.5, 0.6) is 0 Å². The average molecular weight is 827 g/mol. The number of hydrogen-bond acceptors (Lipinski definition) is 15. The Morgan fingerprint density at radius 2 is 1.31 bits per heavy atom. The van der Waals surface area contributed by atoms with Gasteiger partial charge < -0.3 is 26.4 Å². The molecule has 0 saturated heterocycles. The van der Waals surface area contributed by atoms with Crippen molar-refractivity contribution in [3.8, 4) is 11.4 Å². The molecule has 0 unspecified atom stereocenters. The molecular weight excluding hydrogens is 785 g/mol. The highest BCUT2D eigenvalue weighted by Gasteiger charge is 2.27. The minimum Gasteiger partial charge on any atom is -0.391 e. The molecule has 0 spiro atoms. The molecule has 0 amide bonds. The number of aromatic nitrogens is 8. The van der Waals surface area contributed by atoms with E-state index in [4.69, 9.17) is 0 Å². The Labute approximate surface area is 347 Å². The van der Waals surface area contributed by atoms with Gasteiger partial charge in [-0.15, -0.1) is 23.1 Å². The summed E-state index contributed by atoms with van der Waals surface area (Å²) < 4.78 is 4.16. The van der Waals surface area contributed by atoms with Gasteiger partial charge in [-0.2, -0.15) is 0 Å². The van der Waals surface area contributed by atoms with Crippen molar-refractivity contribution in [2.24, 2.45) is 0 Å². The molecule has 7 aromatic heterocycles. The molecule has 15 nitrogen and oxygen atoms in total. The lowest BCUT2D eigenvalue weighted by Gasteiger charge is -2.16. The van der Waals surface area contributed by atoms with E-state index < -0.39 is 0 Å². The first kappa shape index (κ1) is 38.4. The number of rotatable bonds is 14. The molecule has 2 aliphatic carbocycles. The van der Waals surface area contributed by atoms with Crippen molar-refractivity contribution < 1.29 is 5.11 Å². The molecule has 2 saturated carbocycles. The van der Waals surface area contributed by atoms with Crippen LogP contribution in [0.3, 0.4) is 0 Å². The molecule has 2 fully saturated rings. The molecule has 5 N–H and O–H groups in total. The fourth-order valence-electron chi connectivity index (χ4n) is 7.65. The van der Waals surface area contributed by atoms with Gasteiger partial charge in [-0.1, -0.05) is 12.1 Å². The summed E-state index contributed by atoms with van der Waals surface area (Å²) in [7, 11) is 0. The Morgan fingerprint density at radius 1 is 0.678 bits per heavy atom. The monoisotopic (exact) mass is 826 g/mol. The van der Waals surface area contributed by atoms with Gasteiger partial charge in [0, 0.05) is 76.1 Å². The lowest BCUT2D eigenvalue weighted by atomic mass is 10.2. The van der Waals surface area contributed by atoms with E-state index in [1.165, 1.54) is 29.2 Å². The van der Waals surface area contributed by atoms with E-state index in [1.54, 1.807) is 52.4 Å². The Hall–Kier alpha value is -6.17. The van der Waals surface area contributed by atoms with Gasteiger partial charge in [-0.25, -0.2) is 29.9 Å². The van der Waals surface area contributed by atoms with Crippen molar-refractivity contribution in [1.29, 1.82) is 0 Å². The predicted octanol–water partition coefficient (Wildman–Crippen LogP) is 6.25. The number of thiophene rings is 1. The minimum absolute atomic E-state index is 0.00438. The van der Waals surface area contributed by atoms with E-state index in [1.807, 2.05) is 54.7 Å². The molecule has 300 valence electrons. The normalized spacial score (nSPS) is 18.9. The Morgan fingerprint density at radius 3 is 1.95 bits per heavy atom. The standard InChI is InChI=1S/C42H42N12O3S2/c55-24-33-18-35-36(59-33)23-47-42(52-35)51-30-9-7-28(17-30)49-38-13-11-32(20-44-38)54-15-3-4-26(40(54)57)25-58-34-21-45-41(46-22-34)50-29-8-6-27(16-29)48-37-12-10-31(19-43-37)53-14-2-1-5-39(53)56/h1-5,10-15,18-23,27-30,55H,6-9,16-17,24-25H2,(H,43,48)(H,44,49)(H,45,46,50)(H,47,51,52)/t27-,28-,29-,30-/m0/s1. The number of hydrogen-bond donors (Lipinski definition) is 5. The van der Waals surface area contributed by atoms with E-state index in [0.29, 0.717) is 28.9 Å². The topological polar surface area (TPSA) is 190 Å². The van der Waals surface area contributed by atoms with Crippen LogP contribution in [0.25, 0.3) is 21.6 Å². The van der Waals surface area contributed by atoms with E-state index in [0.717, 1.165) is 75.8 Å². The van der Waals surface area contributed by atoms with Crippen molar-refractivity contribution >= 4 is 56.8 Å². The number of fused-ring (bicyclic) bond motifs is 1. The first-order valence-corrected chi connectivity index (χ1v) is 21.4. The number of pyridine rings is 4. The van der Waals surface area contributed by atoms with E-state index >= 15 is 0 Å². The number of nitrogens with one attached hydrogen (secondary N) is 4. The van der Waals surface area contributed by atoms with Gasteiger partial charge in [-0.3, -0.25) is 18.7 Å². The van der Waals surface area contributed by atoms with Crippen LogP contribution in [0, 0.1) is 0 Å². The number of anilines is 4. The smallest absolute Gasteiger partial charge is 0.259 e. The summed E-state index contributed by atoms with van der Waals surface area (Å²) >= 11 is 3.02. The maximum atomic E-state index is 13.5. The summed E-state index contributed by atoms with van der Waals surface area (Å²) in [5.74, 6) is 3.19. The van der Waals surface area contributed by atoms with Crippen LogP contribution in [0.2, 0.25) is 0 Å². The first-order chi connectivity index (χ1) is 28.9. The van der Waals surface area contributed by atoms with Crippen LogP contribution in [0.4, 0.5) is 23.5 Å². The molecule has 59 heavy (non-hydrogen) atoms. The van der Waals surface area contributed by atoms with E-state index in [2.05, 4.69) is 51.2 Å². The SMILES string of the molecule is O=c1ccccn1-c1ccc(N[C@H]2CC[C@H](Nc3ncc(SCc4cccn(-c5ccc(N[C@H]6CC[C@H](Nc7ncc8sc(CO)cc8n7)C6)nc5)c4=O)cn3)C2)nc1. The number of aliphatic hydroxyl groups is 1. The quantitative estimate of drug-likeness (QED) is 0.0774. The third-order valence-corrected chi connectivity index (χ3v) is 12.7. The highest BCUT2D eigenvalue weighted by atomic mass is 32.2. The van der Waals surface area contributed by atoms with E-state index in [9.17, 15) is 14.7 Å². The van der Waals surface area contributed by atoms with Crippen LogP contribution in [-0.2, 0) is 12.4 Å². The Kier molecular flexibility index (Phi) is 11.3. The Bertz CT molecular complexity index is 2650. The van der Waals surface area contributed by atoms with Gasteiger partial charge in [-0.05, 0) is 81.0 Å². The molecule has 7 heterocycles. The lowest BCUT2D eigenvalue weighted by molar-refractivity contribution is 0.285. The zero-order valence-electron chi connectivity index (χ0n) is 31.9. The molecule has 0 bridgehead atoms. The van der Waals surface area contributed by atoms with Crippen LogP contribution < -0.4 is 32.4 Å². The molecule has 9 rings (SSSR count). The third-order valence-electron chi connectivity index (χ3n) is 10.6. The molecule has 7 aromatic rings. The van der Waals surface area contributed by atoms with Gasteiger partial charge >= 0.3 is 0 Å². The van der Waals surface area contributed by atoms with Crippen molar-refractivity contribution in [2.75, 3.05) is 21.3 Å². The summed E-state index contributed by atoms with van der Waals surface area (Å²) in [6.07, 6.45) is 18.0. The second-order valence-corrected chi connectivity index (χ2v) is 17.0. The highest BCUT2D eigenvalue weighted by molar-refractivity contribution is 7.98. The average Bonchev–Trinajstić information content (AvgIpc) is 4.02. The van der Waals surface area contributed by atoms with Crippen molar-refractivity contribution in [1.82, 2.24) is 39.0 Å². The second kappa shape index (κ2) is 17.4. The zero-order chi connectivity index (χ0) is 40.1. The molecular formula is C42H42N12O3S2. The van der Waals surface area contributed by atoms with Crippen molar-refractivity contribution in [3.05, 3.63) is 135 Å². The minimum atomic E-state index is -0.0941. The zero-order valence-corrected chi connectivity index (χ0v) is 33.6. The van der Waals surface area contributed by atoms with Gasteiger partial charge in [0.1, 0.15) is 11.6 Å². The summed E-state index contributed by atoms with van der Waals surface area (Å²) in [6, 6.07) is 19.3. The molecule has 0 aliphatic heterocycles. The maximum Gasteiger partial charge on any atom is 0.259 e. The molecule has 0 aromatic carbocycles. The third kappa shape index (κ3) is 9.11. The van der Waals surface area contributed by atoms with E-state index in [-0.39, 0.29) is 41.9 Å². The summed E-state index contributed by atoms with van der Waals surface area (Å²) in [4.78, 5) is 54.8. The largest absolute Gasteiger partial charge is 0.391 e. The summed E-state index contributed by atoms with van der Waals surface area (Å²) in [5.41, 5.74) is 2.75. The number of thioether (sulfide) groups is 1. The molecule has 4 atom stereocenters. The fraction of sp³-hybridized carbons (Fsp3) is 0.286. The van der Waals surface area contributed by atoms with Crippen molar-refractivity contribution in [3.63, 3.8) is 0 Å². The molecule has 2 aliphatic rings. The van der Waals surface area contributed by atoms with Crippen LogP contribution >= 0.6 is 23.1 Å². The number of nitrogens with zero attached hydrogens (tertiary/aromatic N) is 8. The van der Waals surface area contributed by atoms with Crippen LogP contribution in [0.1, 0.15) is 49.0 Å². The van der Waals surface area contributed by atoms with Crippen LogP contribution in [0.15, 0.2) is 119 Å². The van der Waals surface area contributed by atoms with Gasteiger partial charge in [0.25, 0.3) is 11.1 Å². The summed E-state index contributed by atoms with van der Waals surface area (Å²) in [6.45, 7) is 0.00438.